The summed E-state index contributed by atoms with van der Waals surface area (Å²) >= 11 is 0. The zero-order valence-electron chi connectivity index (χ0n) is 29.3. The van der Waals surface area contributed by atoms with Gasteiger partial charge in [-0.1, -0.05) is 18.2 Å². The van der Waals surface area contributed by atoms with Crippen molar-refractivity contribution in [1.29, 1.82) is 0 Å². The van der Waals surface area contributed by atoms with Crippen LogP contribution in [-0.2, 0) is 11.3 Å². The molecular formula is C39H39N11O2. The number of benzene rings is 2. The smallest absolute Gasteiger partial charge is 0.272 e. The Bertz CT molecular complexity index is 2170. The Morgan fingerprint density at radius 3 is 2.33 bits per heavy atom. The number of nitrogens with zero attached hydrogens (tertiary/aromatic N) is 8. The summed E-state index contributed by atoms with van der Waals surface area (Å²) in [5.41, 5.74) is 8.69. The van der Waals surface area contributed by atoms with Gasteiger partial charge in [0, 0.05) is 103 Å². The topological polar surface area (TPSA) is 153 Å². The van der Waals surface area contributed by atoms with Crippen LogP contribution in [0.2, 0.25) is 0 Å². The van der Waals surface area contributed by atoms with Crippen LogP contribution >= 0.6 is 0 Å². The first-order valence-corrected chi connectivity index (χ1v) is 17.1. The minimum atomic E-state index is -0.315. The van der Waals surface area contributed by atoms with E-state index in [9.17, 15) is 9.59 Å². The molecule has 13 heteroatoms. The van der Waals surface area contributed by atoms with E-state index in [0.29, 0.717) is 40.0 Å². The highest BCUT2D eigenvalue weighted by molar-refractivity contribution is 6.47. The third kappa shape index (κ3) is 8.40. The molecule has 5 heterocycles. The Kier molecular flexibility index (Phi) is 10.1. The number of piperazine rings is 1. The van der Waals surface area contributed by atoms with Gasteiger partial charge in [0.05, 0.1) is 11.4 Å². The number of rotatable bonds is 10. The molecule has 262 valence electrons. The van der Waals surface area contributed by atoms with Gasteiger partial charge >= 0.3 is 0 Å². The fourth-order valence-corrected chi connectivity index (χ4v) is 5.96. The second-order valence-corrected chi connectivity index (χ2v) is 13.0. The van der Waals surface area contributed by atoms with Gasteiger partial charge in [0.2, 0.25) is 5.95 Å². The molecule has 1 saturated heterocycles. The maximum absolute atomic E-state index is 13.2. The standard InChI is InChI=1S/C39H39N11O2/c1-25-4-9-31(43-37(51)28-7-5-27(6-8-28)24-50-16-14-49(3)15-17-50)20-34(25)46-39-42-13-11-33(45-39)29-19-30(23-40-22-29)35-21-36(48-47-35)38(52)44-32-10-12-41-26(2)18-32/h4-13,18-20,22-23H,14-17,21,24H2,1-3H3,(H,43,51)(H,41,44,52)(H,42,45,46). The van der Waals surface area contributed by atoms with Gasteiger partial charge in [-0.05, 0) is 80.6 Å². The Morgan fingerprint density at radius 1 is 0.769 bits per heavy atom. The maximum Gasteiger partial charge on any atom is 0.272 e. The monoisotopic (exact) mass is 693 g/mol. The van der Waals surface area contributed by atoms with Crippen molar-refractivity contribution in [2.24, 2.45) is 10.2 Å². The molecule has 0 aliphatic carbocycles. The van der Waals surface area contributed by atoms with E-state index in [0.717, 1.165) is 60.8 Å². The van der Waals surface area contributed by atoms with Gasteiger partial charge in [-0.2, -0.15) is 5.10 Å². The molecule has 0 radical (unpaired) electrons. The fourth-order valence-electron chi connectivity index (χ4n) is 5.96. The summed E-state index contributed by atoms with van der Waals surface area (Å²) in [6.45, 7) is 8.95. The van der Waals surface area contributed by atoms with Crippen LogP contribution in [0.3, 0.4) is 0 Å². The van der Waals surface area contributed by atoms with Gasteiger partial charge < -0.3 is 20.9 Å². The summed E-state index contributed by atoms with van der Waals surface area (Å²) < 4.78 is 0. The molecule has 0 spiro atoms. The summed E-state index contributed by atoms with van der Waals surface area (Å²) in [7, 11) is 2.15. The van der Waals surface area contributed by atoms with E-state index in [-0.39, 0.29) is 18.2 Å². The average molecular weight is 694 g/mol. The van der Waals surface area contributed by atoms with Crippen molar-refractivity contribution in [2.45, 2.75) is 26.8 Å². The molecule has 2 amide bonds. The van der Waals surface area contributed by atoms with Crippen molar-refractivity contribution in [3.05, 3.63) is 119 Å². The number of hydrogen-bond donors (Lipinski definition) is 3. The van der Waals surface area contributed by atoms with Crippen molar-refractivity contribution in [2.75, 3.05) is 49.2 Å². The average Bonchev–Trinajstić information content (AvgIpc) is 3.66. The number of anilines is 4. The van der Waals surface area contributed by atoms with Crippen molar-refractivity contribution in [3.63, 3.8) is 0 Å². The van der Waals surface area contributed by atoms with Gasteiger partial charge in [0.1, 0.15) is 5.71 Å². The van der Waals surface area contributed by atoms with E-state index in [1.54, 1.807) is 43.0 Å². The maximum atomic E-state index is 13.2. The lowest BCUT2D eigenvalue weighted by Crippen LogP contribution is -2.43. The molecule has 2 aromatic carbocycles. The third-order valence-corrected chi connectivity index (χ3v) is 9.03. The lowest BCUT2D eigenvalue weighted by molar-refractivity contribution is -0.110. The van der Waals surface area contributed by atoms with Gasteiger partial charge in [-0.15, -0.1) is 5.10 Å². The molecule has 2 aliphatic rings. The molecule has 52 heavy (non-hydrogen) atoms. The molecule has 2 aliphatic heterocycles. The minimum Gasteiger partial charge on any atom is -0.324 e. The quantitative estimate of drug-likeness (QED) is 0.173. The summed E-state index contributed by atoms with van der Waals surface area (Å²) in [4.78, 5) is 48.5. The number of carbonyl (C=O) groups excluding carboxylic acids is 2. The molecular weight excluding hydrogens is 655 g/mol. The first kappa shape index (κ1) is 34.3. The van der Waals surface area contributed by atoms with Crippen LogP contribution in [0, 0.1) is 13.8 Å². The van der Waals surface area contributed by atoms with Gasteiger partial charge in [-0.3, -0.25) is 24.5 Å². The normalized spacial score (nSPS) is 14.8. The lowest BCUT2D eigenvalue weighted by atomic mass is 10.0. The Balaban J connectivity index is 0.978. The van der Waals surface area contributed by atoms with Crippen molar-refractivity contribution in [1.82, 2.24) is 29.7 Å². The highest BCUT2D eigenvalue weighted by atomic mass is 16.2. The second-order valence-electron chi connectivity index (χ2n) is 13.0. The van der Waals surface area contributed by atoms with E-state index >= 15 is 0 Å². The van der Waals surface area contributed by atoms with Crippen LogP contribution < -0.4 is 16.0 Å². The third-order valence-electron chi connectivity index (χ3n) is 9.03. The molecule has 13 nitrogen and oxygen atoms in total. The summed E-state index contributed by atoms with van der Waals surface area (Å²) in [6.07, 6.45) is 6.99. The van der Waals surface area contributed by atoms with Gasteiger partial charge in [0.25, 0.3) is 11.8 Å². The number of nitrogens with one attached hydrogen (secondary N) is 3. The Hall–Kier alpha value is -6.18. The minimum absolute atomic E-state index is 0.180. The zero-order chi connectivity index (χ0) is 36.0. The molecule has 0 bridgehead atoms. The van der Waals surface area contributed by atoms with E-state index in [2.05, 4.69) is 58.0 Å². The highest BCUT2D eigenvalue weighted by Crippen LogP contribution is 2.26. The predicted molar refractivity (Wildman–Crippen MR) is 203 cm³/mol. The molecule has 3 aromatic heterocycles. The first-order valence-electron chi connectivity index (χ1n) is 17.1. The summed E-state index contributed by atoms with van der Waals surface area (Å²) in [5.74, 6) is -0.109. The predicted octanol–water partition coefficient (Wildman–Crippen LogP) is 5.48. The van der Waals surface area contributed by atoms with E-state index in [1.165, 1.54) is 5.56 Å². The number of carbonyl (C=O) groups is 2. The molecule has 1 fully saturated rings. The SMILES string of the molecule is Cc1cc(NC(=O)C2=NN=C(c3cncc(-c4ccnc(Nc5cc(NC(=O)c6ccc(CN7CCN(C)CC7)cc6)ccc5C)n4)c3)C2)ccn1. The summed E-state index contributed by atoms with van der Waals surface area (Å²) in [6, 6.07) is 20.7. The van der Waals surface area contributed by atoms with Crippen LogP contribution in [0.4, 0.5) is 23.0 Å². The molecule has 0 unspecified atom stereocenters. The van der Waals surface area contributed by atoms with Crippen LogP contribution in [-0.4, -0.2) is 86.2 Å². The fraction of sp³-hybridized carbons (Fsp3) is 0.231. The first-order chi connectivity index (χ1) is 25.3. The van der Waals surface area contributed by atoms with Crippen LogP contribution in [0.1, 0.15) is 39.2 Å². The van der Waals surface area contributed by atoms with Crippen molar-refractivity contribution >= 4 is 46.2 Å². The van der Waals surface area contributed by atoms with E-state index in [1.807, 2.05) is 62.4 Å². The second kappa shape index (κ2) is 15.4. The number of aromatic nitrogens is 4. The van der Waals surface area contributed by atoms with E-state index < -0.39 is 0 Å². The van der Waals surface area contributed by atoms with Crippen molar-refractivity contribution in [3.8, 4) is 11.3 Å². The van der Waals surface area contributed by atoms with Crippen LogP contribution in [0.5, 0.6) is 0 Å². The number of pyridine rings is 2. The number of amides is 2. The number of aryl methyl sites for hydroxylation is 2. The van der Waals surface area contributed by atoms with Gasteiger partial charge in [-0.25, -0.2) is 9.97 Å². The van der Waals surface area contributed by atoms with Crippen LogP contribution in [0.15, 0.2) is 102 Å². The molecule has 3 N–H and O–H groups in total. The number of hydrogen-bond acceptors (Lipinski definition) is 11. The Morgan fingerprint density at radius 2 is 1.52 bits per heavy atom. The molecule has 5 aromatic rings. The highest BCUT2D eigenvalue weighted by Gasteiger charge is 2.22. The number of likely N-dealkylation sites (N-methyl/N-ethyl adjacent to an activating group) is 1. The molecule has 0 saturated carbocycles. The van der Waals surface area contributed by atoms with E-state index in [4.69, 9.17) is 4.98 Å². The molecule has 0 atom stereocenters. The van der Waals surface area contributed by atoms with Crippen LogP contribution in [0.25, 0.3) is 11.3 Å². The zero-order valence-corrected chi connectivity index (χ0v) is 29.3. The van der Waals surface area contributed by atoms with Gasteiger partial charge in [0.15, 0.2) is 0 Å². The largest absolute Gasteiger partial charge is 0.324 e. The summed E-state index contributed by atoms with van der Waals surface area (Å²) in [5, 5.41) is 17.6. The van der Waals surface area contributed by atoms with Crippen molar-refractivity contribution < 1.29 is 9.59 Å². The lowest BCUT2D eigenvalue weighted by Gasteiger charge is -2.32. The molecule has 7 rings (SSSR count). The Labute approximate surface area is 302 Å².